The summed E-state index contributed by atoms with van der Waals surface area (Å²) in [6.07, 6.45) is 0.705. The standard InChI is InChI=1S/C13H20N2O2/c1-9-10(5-4-6-11(9)16)12(17)15-13(2,3)7-8-14/h4-6,16H,7-8,14H2,1-3H3,(H,15,17). The molecule has 0 aliphatic rings. The van der Waals surface area contributed by atoms with Crippen molar-refractivity contribution in [3.05, 3.63) is 29.3 Å². The van der Waals surface area contributed by atoms with Crippen molar-refractivity contribution in [2.45, 2.75) is 32.7 Å². The second kappa shape index (κ2) is 5.19. The van der Waals surface area contributed by atoms with Crippen molar-refractivity contribution < 1.29 is 9.90 Å². The minimum absolute atomic E-state index is 0.134. The average Bonchev–Trinajstić information content (AvgIpc) is 2.21. The van der Waals surface area contributed by atoms with Gasteiger partial charge in [0.15, 0.2) is 0 Å². The average molecular weight is 236 g/mol. The summed E-state index contributed by atoms with van der Waals surface area (Å²) in [4.78, 5) is 12.0. The Morgan fingerprint density at radius 2 is 2.12 bits per heavy atom. The predicted molar refractivity (Wildman–Crippen MR) is 68.1 cm³/mol. The fourth-order valence-corrected chi connectivity index (χ4v) is 1.67. The zero-order chi connectivity index (χ0) is 13.1. The molecule has 0 aliphatic carbocycles. The van der Waals surface area contributed by atoms with E-state index >= 15 is 0 Å². The summed E-state index contributed by atoms with van der Waals surface area (Å²) in [5.74, 6) is -0.0499. The third-order valence-corrected chi connectivity index (χ3v) is 2.77. The van der Waals surface area contributed by atoms with Gasteiger partial charge in [0, 0.05) is 16.7 Å². The van der Waals surface area contributed by atoms with Crippen LogP contribution in [0.2, 0.25) is 0 Å². The van der Waals surface area contributed by atoms with Crippen LogP contribution in [0.15, 0.2) is 18.2 Å². The lowest BCUT2D eigenvalue weighted by Crippen LogP contribution is -2.44. The first-order chi connectivity index (χ1) is 7.87. The lowest BCUT2D eigenvalue weighted by atomic mass is 9.99. The van der Waals surface area contributed by atoms with E-state index in [2.05, 4.69) is 5.32 Å². The first-order valence-corrected chi connectivity index (χ1v) is 5.68. The summed E-state index contributed by atoms with van der Waals surface area (Å²) < 4.78 is 0. The number of carbonyl (C=O) groups is 1. The van der Waals surface area contributed by atoms with Crippen LogP contribution in [0.1, 0.15) is 36.2 Å². The summed E-state index contributed by atoms with van der Waals surface area (Å²) in [7, 11) is 0. The Labute approximate surface area is 102 Å². The Kier molecular flexibility index (Phi) is 4.12. The molecule has 4 N–H and O–H groups in total. The zero-order valence-electron chi connectivity index (χ0n) is 10.6. The molecule has 17 heavy (non-hydrogen) atoms. The van der Waals surface area contributed by atoms with E-state index in [1.807, 2.05) is 13.8 Å². The molecule has 0 saturated heterocycles. The zero-order valence-corrected chi connectivity index (χ0v) is 10.6. The highest BCUT2D eigenvalue weighted by atomic mass is 16.3. The van der Waals surface area contributed by atoms with E-state index in [9.17, 15) is 9.90 Å². The van der Waals surface area contributed by atoms with Crippen LogP contribution in [-0.2, 0) is 0 Å². The van der Waals surface area contributed by atoms with Crippen LogP contribution in [0.25, 0.3) is 0 Å². The Morgan fingerprint density at radius 1 is 1.47 bits per heavy atom. The topological polar surface area (TPSA) is 75.3 Å². The number of carbonyl (C=O) groups excluding carboxylic acids is 1. The first kappa shape index (κ1) is 13.5. The van der Waals surface area contributed by atoms with Gasteiger partial charge < -0.3 is 16.2 Å². The van der Waals surface area contributed by atoms with Crippen LogP contribution in [0.3, 0.4) is 0 Å². The van der Waals surface area contributed by atoms with E-state index in [4.69, 9.17) is 5.73 Å². The maximum absolute atomic E-state index is 12.0. The van der Waals surface area contributed by atoms with Crippen LogP contribution in [-0.4, -0.2) is 23.1 Å². The molecule has 0 radical (unpaired) electrons. The summed E-state index contributed by atoms with van der Waals surface area (Å²) in [6.45, 7) is 6.10. The fraction of sp³-hybridized carbons (Fsp3) is 0.462. The highest BCUT2D eigenvalue weighted by Gasteiger charge is 2.21. The van der Waals surface area contributed by atoms with Crippen molar-refractivity contribution in [1.29, 1.82) is 0 Å². The van der Waals surface area contributed by atoms with Crippen LogP contribution in [0.5, 0.6) is 5.75 Å². The van der Waals surface area contributed by atoms with Gasteiger partial charge in [-0.05, 0) is 45.9 Å². The van der Waals surface area contributed by atoms with Crippen molar-refractivity contribution in [2.75, 3.05) is 6.54 Å². The number of hydrogen-bond donors (Lipinski definition) is 3. The molecule has 0 atom stereocenters. The number of aromatic hydroxyl groups is 1. The van der Waals surface area contributed by atoms with Gasteiger partial charge >= 0.3 is 0 Å². The number of nitrogens with two attached hydrogens (primary N) is 1. The van der Waals surface area contributed by atoms with Crippen LogP contribution in [0.4, 0.5) is 0 Å². The Morgan fingerprint density at radius 3 is 2.71 bits per heavy atom. The molecule has 0 spiro atoms. The Bertz CT molecular complexity index is 414. The largest absolute Gasteiger partial charge is 0.508 e. The molecule has 0 heterocycles. The number of benzene rings is 1. The molecule has 0 aliphatic heterocycles. The van der Waals surface area contributed by atoms with Crippen molar-refractivity contribution in [1.82, 2.24) is 5.32 Å². The fourth-order valence-electron chi connectivity index (χ4n) is 1.67. The molecule has 1 rings (SSSR count). The number of rotatable bonds is 4. The molecule has 94 valence electrons. The summed E-state index contributed by atoms with van der Waals surface area (Å²) in [5, 5.41) is 12.5. The predicted octanol–water partition coefficient (Wildman–Crippen LogP) is 1.56. The van der Waals surface area contributed by atoms with Gasteiger partial charge in [-0.15, -0.1) is 0 Å². The maximum Gasteiger partial charge on any atom is 0.252 e. The lowest BCUT2D eigenvalue weighted by Gasteiger charge is -2.26. The van der Waals surface area contributed by atoms with E-state index in [-0.39, 0.29) is 17.2 Å². The third kappa shape index (κ3) is 3.46. The van der Waals surface area contributed by atoms with Crippen LogP contribution >= 0.6 is 0 Å². The smallest absolute Gasteiger partial charge is 0.252 e. The van der Waals surface area contributed by atoms with Gasteiger partial charge in [0.05, 0.1) is 0 Å². The van der Waals surface area contributed by atoms with E-state index in [0.717, 1.165) is 0 Å². The minimum atomic E-state index is -0.344. The Balaban J connectivity index is 2.87. The van der Waals surface area contributed by atoms with Crippen molar-refractivity contribution in [3.63, 3.8) is 0 Å². The molecule has 4 heteroatoms. The molecular weight excluding hydrogens is 216 g/mol. The van der Waals surface area contributed by atoms with E-state index in [1.165, 1.54) is 0 Å². The van der Waals surface area contributed by atoms with E-state index in [0.29, 0.717) is 24.1 Å². The van der Waals surface area contributed by atoms with Gasteiger partial charge in [0.1, 0.15) is 5.75 Å². The molecular formula is C13H20N2O2. The third-order valence-electron chi connectivity index (χ3n) is 2.77. The lowest BCUT2D eigenvalue weighted by molar-refractivity contribution is 0.0909. The van der Waals surface area contributed by atoms with E-state index < -0.39 is 0 Å². The van der Waals surface area contributed by atoms with Gasteiger partial charge in [0.25, 0.3) is 5.91 Å². The Hall–Kier alpha value is -1.55. The number of hydrogen-bond acceptors (Lipinski definition) is 3. The molecule has 4 nitrogen and oxygen atoms in total. The second-order valence-electron chi connectivity index (χ2n) is 4.83. The minimum Gasteiger partial charge on any atom is -0.508 e. The van der Waals surface area contributed by atoms with Gasteiger partial charge in [0.2, 0.25) is 0 Å². The molecule has 1 aromatic carbocycles. The molecule has 1 aromatic rings. The van der Waals surface area contributed by atoms with Crippen LogP contribution < -0.4 is 11.1 Å². The first-order valence-electron chi connectivity index (χ1n) is 5.68. The van der Waals surface area contributed by atoms with Gasteiger partial charge in [-0.2, -0.15) is 0 Å². The maximum atomic E-state index is 12.0. The number of phenolic OH excluding ortho intramolecular Hbond substituents is 1. The summed E-state index contributed by atoms with van der Waals surface area (Å²) in [6, 6.07) is 4.92. The van der Waals surface area contributed by atoms with Gasteiger partial charge in [-0.3, -0.25) is 4.79 Å². The number of amides is 1. The normalized spacial score (nSPS) is 11.3. The molecule has 0 bridgehead atoms. The highest BCUT2D eigenvalue weighted by Crippen LogP contribution is 2.20. The van der Waals surface area contributed by atoms with Crippen LogP contribution in [0, 0.1) is 6.92 Å². The monoisotopic (exact) mass is 236 g/mol. The number of nitrogens with one attached hydrogen (secondary N) is 1. The second-order valence-corrected chi connectivity index (χ2v) is 4.83. The van der Waals surface area contributed by atoms with Gasteiger partial charge in [-0.1, -0.05) is 6.07 Å². The summed E-state index contributed by atoms with van der Waals surface area (Å²) >= 11 is 0. The van der Waals surface area contributed by atoms with Gasteiger partial charge in [-0.25, -0.2) is 0 Å². The quantitative estimate of drug-likeness (QED) is 0.742. The molecule has 0 aromatic heterocycles. The number of phenols is 1. The molecule has 0 unspecified atom stereocenters. The van der Waals surface area contributed by atoms with Crippen molar-refractivity contribution >= 4 is 5.91 Å². The highest BCUT2D eigenvalue weighted by molar-refractivity contribution is 5.96. The SMILES string of the molecule is Cc1c(O)cccc1C(=O)NC(C)(C)CCN. The molecule has 0 fully saturated rings. The van der Waals surface area contributed by atoms with Crippen molar-refractivity contribution in [3.8, 4) is 5.75 Å². The molecule has 0 saturated carbocycles. The molecule has 1 amide bonds. The summed E-state index contributed by atoms with van der Waals surface area (Å²) in [5.41, 5.74) is 6.23. The van der Waals surface area contributed by atoms with E-state index in [1.54, 1.807) is 25.1 Å². The van der Waals surface area contributed by atoms with Crippen molar-refractivity contribution in [2.24, 2.45) is 5.73 Å².